The summed E-state index contributed by atoms with van der Waals surface area (Å²) in [5, 5.41) is 12.3. The number of aliphatic hydroxyl groups excluding tert-OH is 1. The van der Waals surface area contributed by atoms with Crippen LogP contribution in [0.15, 0.2) is 18.5 Å². The van der Waals surface area contributed by atoms with E-state index in [1.54, 1.807) is 0 Å². The Hall–Kier alpha value is -0.930. The Kier molecular flexibility index (Phi) is 4.72. The number of nitrogens with zero attached hydrogens (tertiary/aromatic N) is 1. The second kappa shape index (κ2) is 5.83. The van der Waals surface area contributed by atoms with Gasteiger partial charge < -0.3 is 10.4 Å². The lowest BCUT2D eigenvalue weighted by molar-refractivity contribution is 0.231. The first kappa shape index (κ1) is 12.1. The second-order valence-electron chi connectivity index (χ2n) is 4.15. The lowest BCUT2D eigenvalue weighted by Crippen LogP contribution is -2.26. The molecule has 2 unspecified atom stereocenters. The van der Waals surface area contributed by atoms with Crippen molar-refractivity contribution in [1.29, 1.82) is 0 Å². The molecule has 2 N–H and O–H groups in total. The van der Waals surface area contributed by atoms with Crippen LogP contribution in [0.3, 0.4) is 0 Å². The number of pyridine rings is 1. The summed E-state index contributed by atoms with van der Waals surface area (Å²) in [6.07, 6.45) is 3.71. The summed E-state index contributed by atoms with van der Waals surface area (Å²) < 4.78 is 0. The van der Waals surface area contributed by atoms with E-state index in [4.69, 9.17) is 5.11 Å². The molecule has 0 bridgehead atoms. The van der Waals surface area contributed by atoms with Crippen LogP contribution in [0.4, 0.5) is 0 Å². The van der Waals surface area contributed by atoms with Crippen LogP contribution in [0.1, 0.15) is 31.0 Å². The maximum atomic E-state index is 8.92. The van der Waals surface area contributed by atoms with Gasteiger partial charge in [0.2, 0.25) is 0 Å². The molecular weight excluding hydrogens is 188 g/mol. The zero-order valence-corrected chi connectivity index (χ0v) is 9.70. The van der Waals surface area contributed by atoms with Crippen molar-refractivity contribution >= 4 is 0 Å². The lowest BCUT2D eigenvalue weighted by atomic mass is 10.0. The van der Waals surface area contributed by atoms with Crippen molar-refractivity contribution < 1.29 is 5.11 Å². The largest absolute Gasteiger partial charge is 0.396 e. The minimum Gasteiger partial charge on any atom is -0.396 e. The summed E-state index contributed by atoms with van der Waals surface area (Å²) in [6, 6.07) is 2.30. The highest BCUT2D eigenvalue weighted by Gasteiger charge is 2.08. The smallest absolute Gasteiger partial charge is 0.0468 e. The van der Waals surface area contributed by atoms with Gasteiger partial charge in [-0.05, 0) is 37.0 Å². The normalized spacial score (nSPS) is 14.9. The third kappa shape index (κ3) is 3.61. The predicted molar refractivity (Wildman–Crippen MR) is 61.6 cm³/mol. The van der Waals surface area contributed by atoms with Gasteiger partial charge in [0.1, 0.15) is 0 Å². The third-order valence-corrected chi connectivity index (χ3v) is 2.63. The Balaban J connectivity index is 2.54. The number of nitrogens with one attached hydrogen (secondary N) is 1. The highest BCUT2D eigenvalue weighted by molar-refractivity contribution is 5.24. The topological polar surface area (TPSA) is 45.2 Å². The zero-order chi connectivity index (χ0) is 11.3. The quantitative estimate of drug-likeness (QED) is 0.773. The summed E-state index contributed by atoms with van der Waals surface area (Å²) in [5.41, 5.74) is 2.48. The van der Waals surface area contributed by atoms with Crippen molar-refractivity contribution in [2.75, 3.05) is 13.2 Å². The minimum atomic E-state index is 0.228. The molecule has 0 saturated carbocycles. The maximum absolute atomic E-state index is 8.92. The summed E-state index contributed by atoms with van der Waals surface area (Å²) in [4.78, 5) is 4.12. The fourth-order valence-corrected chi connectivity index (χ4v) is 1.48. The fourth-order valence-electron chi connectivity index (χ4n) is 1.48. The molecule has 0 spiro atoms. The van der Waals surface area contributed by atoms with Gasteiger partial charge >= 0.3 is 0 Å². The van der Waals surface area contributed by atoms with Gasteiger partial charge in [-0.15, -0.1) is 0 Å². The SMILES string of the molecule is Cc1ccncc1C(C)NCC(C)CO. The van der Waals surface area contributed by atoms with Crippen LogP contribution in [0.5, 0.6) is 0 Å². The number of hydrogen-bond donors (Lipinski definition) is 2. The Morgan fingerprint density at radius 3 is 2.80 bits per heavy atom. The molecule has 15 heavy (non-hydrogen) atoms. The summed E-state index contributed by atoms with van der Waals surface area (Å²) in [6.45, 7) is 7.28. The molecule has 1 aromatic heterocycles. The fraction of sp³-hybridized carbons (Fsp3) is 0.583. The van der Waals surface area contributed by atoms with Crippen molar-refractivity contribution in [3.05, 3.63) is 29.6 Å². The van der Waals surface area contributed by atoms with Crippen molar-refractivity contribution in [1.82, 2.24) is 10.3 Å². The number of hydrogen-bond acceptors (Lipinski definition) is 3. The van der Waals surface area contributed by atoms with E-state index in [1.807, 2.05) is 25.4 Å². The molecule has 0 fully saturated rings. The monoisotopic (exact) mass is 208 g/mol. The van der Waals surface area contributed by atoms with Gasteiger partial charge in [-0.2, -0.15) is 0 Å². The zero-order valence-electron chi connectivity index (χ0n) is 9.70. The first-order valence-corrected chi connectivity index (χ1v) is 5.40. The molecule has 1 aromatic rings. The van der Waals surface area contributed by atoms with E-state index in [0.29, 0.717) is 5.92 Å². The Bertz CT molecular complexity index is 301. The highest BCUT2D eigenvalue weighted by Crippen LogP contribution is 2.15. The van der Waals surface area contributed by atoms with E-state index in [0.717, 1.165) is 6.54 Å². The molecule has 3 heteroatoms. The summed E-state index contributed by atoms with van der Waals surface area (Å²) in [7, 11) is 0. The molecule has 2 atom stereocenters. The van der Waals surface area contributed by atoms with Crippen molar-refractivity contribution in [3.8, 4) is 0 Å². The average Bonchev–Trinajstić information content (AvgIpc) is 2.26. The van der Waals surface area contributed by atoms with Gasteiger partial charge in [-0.25, -0.2) is 0 Å². The molecular formula is C12H20N2O. The van der Waals surface area contributed by atoms with Crippen LogP contribution in [0.2, 0.25) is 0 Å². The molecule has 0 amide bonds. The molecule has 0 radical (unpaired) electrons. The van der Waals surface area contributed by atoms with Gasteiger partial charge in [0.15, 0.2) is 0 Å². The number of aromatic nitrogens is 1. The van der Waals surface area contributed by atoms with Crippen LogP contribution in [0.25, 0.3) is 0 Å². The molecule has 0 aliphatic carbocycles. The van der Waals surface area contributed by atoms with Gasteiger partial charge in [-0.3, -0.25) is 4.98 Å². The molecule has 1 rings (SSSR count). The van der Waals surface area contributed by atoms with E-state index >= 15 is 0 Å². The molecule has 0 aliphatic heterocycles. The van der Waals surface area contributed by atoms with E-state index in [-0.39, 0.29) is 12.6 Å². The van der Waals surface area contributed by atoms with Crippen LogP contribution >= 0.6 is 0 Å². The van der Waals surface area contributed by atoms with Crippen molar-refractivity contribution in [2.24, 2.45) is 5.92 Å². The van der Waals surface area contributed by atoms with Gasteiger partial charge in [-0.1, -0.05) is 6.92 Å². The Morgan fingerprint density at radius 1 is 1.47 bits per heavy atom. The first-order valence-electron chi connectivity index (χ1n) is 5.40. The van der Waals surface area contributed by atoms with Crippen LogP contribution in [-0.4, -0.2) is 23.2 Å². The predicted octanol–water partition coefficient (Wildman–Crippen LogP) is 1.67. The molecule has 3 nitrogen and oxygen atoms in total. The van der Waals surface area contributed by atoms with Crippen LogP contribution in [-0.2, 0) is 0 Å². The third-order valence-electron chi connectivity index (χ3n) is 2.63. The number of rotatable bonds is 5. The second-order valence-corrected chi connectivity index (χ2v) is 4.15. The Labute approximate surface area is 91.5 Å². The minimum absolute atomic E-state index is 0.228. The summed E-state index contributed by atoms with van der Waals surface area (Å²) >= 11 is 0. The molecule has 0 aromatic carbocycles. The van der Waals surface area contributed by atoms with Crippen molar-refractivity contribution in [3.63, 3.8) is 0 Å². The average molecular weight is 208 g/mol. The molecule has 1 heterocycles. The van der Waals surface area contributed by atoms with Crippen LogP contribution in [0, 0.1) is 12.8 Å². The first-order chi connectivity index (χ1) is 7.15. The molecule has 84 valence electrons. The van der Waals surface area contributed by atoms with E-state index in [1.165, 1.54) is 11.1 Å². The number of aliphatic hydroxyl groups is 1. The highest BCUT2D eigenvalue weighted by atomic mass is 16.3. The molecule has 0 saturated heterocycles. The van der Waals surface area contributed by atoms with Gasteiger partial charge in [0.05, 0.1) is 0 Å². The van der Waals surface area contributed by atoms with E-state index < -0.39 is 0 Å². The van der Waals surface area contributed by atoms with Gasteiger partial charge in [0.25, 0.3) is 0 Å². The van der Waals surface area contributed by atoms with E-state index in [9.17, 15) is 0 Å². The van der Waals surface area contributed by atoms with Gasteiger partial charge in [0, 0.05) is 31.6 Å². The lowest BCUT2D eigenvalue weighted by Gasteiger charge is -2.18. The van der Waals surface area contributed by atoms with E-state index in [2.05, 4.69) is 24.1 Å². The van der Waals surface area contributed by atoms with Crippen LogP contribution < -0.4 is 5.32 Å². The Morgan fingerprint density at radius 2 is 2.20 bits per heavy atom. The maximum Gasteiger partial charge on any atom is 0.0468 e. The summed E-state index contributed by atoms with van der Waals surface area (Å²) in [5.74, 6) is 0.296. The number of aryl methyl sites for hydroxylation is 1. The molecule has 0 aliphatic rings. The standard InChI is InChI=1S/C12H20N2O/c1-9(8-15)6-14-11(3)12-7-13-5-4-10(12)2/h4-5,7,9,11,14-15H,6,8H2,1-3H3. The van der Waals surface area contributed by atoms with Crippen molar-refractivity contribution in [2.45, 2.75) is 26.8 Å².